The summed E-state index contributed by atoms with van der Waals surface area (Å²) in [4.78, 5) is 36.7. The molecule has 0 spiro atoms. The average molecular weight is 352 g/mol. The molecule has 134 valence electrons. The summed E-state index contributed by atoms with van der Waals surface area (Å²) in [6.45, 7) is 0.974. The lowest BCUT2D eigenvalue weighted by molar-refractivity contribution is -0.140. The molecule has 7 heteroatoms. The number of likely N-dealkylation sites (tertiary alicyclic amines) is 1. The van der Waals surface area contributed by atoms with Crippen molar-refractivity contribution in [3.8, 4) is 0 Å². The molecular formula is C19H20N4O3. The van der Waals surface area contributed by atoms with Gasteiger partial charge in [0.05, 0.1) is 11.6 Å². The highest BCUT2D eigenvalue weighted by Crippen LogP contribution is 2.38. The van der Waals surface area contributed by atoms with E-state index in [1.54, 1.807) is 36.7 Å². The molecule has 1 amide bonds. The van der Waals surface area contributed by atoms with Gasteiger partial charge in [-0.3, -0.25) is 19.6 Å². The molecule has 1 N–H and O–H groups in total. The van der Waals surface area contributed by atoms with Crippen LogP contribution < -0.4 is 0 Å². The maximum absolute atomic E-state index is 12.7. The number of carbonyl (C=O) groups is 2. The van der Waals surface area contributed by atoms with Gasteiger partial charge in [-0.15, -0.1) is 0 Å². The Labute approximate surface area is 151 Å². The van der Waals surface area contributed by atoms with Crippen molar-refractivity contribution in [2.24, 2.45) is 0 Å². The Morgan fingerprint density at radius 1 is 1.08 bits per heavy atom. The van der Waals surface area contributed by atoms with Crippen LogP contribution in [0.3, 0.4) is 0 Å². The number of Topliss-reactive ketones (excluding diaryl/α,β-unsaturated/α-hetero) is 1. The zero-order valence-electron chi connectivity index (χ0n) is 14.7. The molecule has 1 unspecified atom stereocenters. The van der Waals surface area contributed by atoms with Gasteiger partial charge in [-0.05, 0) is 43.9 Å². The Morgan fingerprint density at radius 3 is 2.23 bits per heavy atom. The average Bonchev–Trinajstić information content (AvgIpc) is 2.91. The first-order chi connectivity index (χ1) is 12.5. The Hall–Kier alpha value is -3.06. The molecule has 0 bridgehead atoms. The zero-order valence-corrected chi connectivity index (χ0v) is 14.7. The highest BCUT2D eigenvalue weighted by molar-refractivity contribution is 6.46. The van der Waals surface area contributed by atoms with Gasteiger partial charge in [0, 0.05) is 43.4 Å². The van der Waals surface area contributed by atoms with E-state index in [0.717, 1.165) is 5.56 Å². The van der Waals surface area contributed by atoms with Gasteiger partial charge in [-0.1, -0.05) is 0 Å². The minimum absolute atomic E-state index is 0.0890. The second kappa shape index (κ2) is 7.45. The monoisotopic (exact) mass is 352 g/mol. The Bertz CT molecular complexity index is 834. The molecule has 1 fully saturated rings. The molecule has 1 saturated heterocycles. The number of aliphatic hydroxyl groups is 1. The molecule has 1 atom stereocenters. The van der Waals surface area contributed by atoms with Crippen LogP contribution in [0.4, 0.5) is 0 Å². The van der Waals surface area contributed by atoms with Crippen molar-refractivity contribution in [3.63, 3.8) is 0 Å². The third-order valence-electron chi connectivity index (χ3n) is 4.30. The number of pyridine rings is 2. The Morgan fingerprint density at radius 2 is 1.65 bits per heavy atom. The van der Waals surface area contributed by atoms with Gasteiger partial charge in [-0.2, -0.15) is 0 Å². The predicted molar refractivity (Wildman–Crippen MR) is 96.0 cm³/mol. The molecule has 2 aromatic rings. The van der Waals surface area contributed by atoms with Crippen molar-refractivity contribution in [2.45, 2.75) is 6.04 Å². The summed E-state index contributed by atoms with van der Waals surface area (Å²) < 4.78 is 0. The van der Waals surface area contributed by atoms with Crippen LogP contribution in [-0.4, -0.2) is 63.7 Å². The summed E-state index contributed by atoms with van der Waals surface area (Å²) in [5.41, 5.74) is 1.27. The van der Waals surface area contributed by atoms with Crippen LogP contribution in [0.25, 0.3) is 5.76 Å². The molecule has 2 aromatic heterocycles. The first-order valence-electron chi connectivity index (χ1n) is 8.24. The number of rotatable bonds is 5. The number of likely N-dealkylation sites (N-methyl/N-ethyl adjacent to an activating group) is 1. The van der Waals surface area contributed by atoms with Gasteiger partial charge in [0.1, 0.15) is 5.76 Å². The molecule has 1 aliphatic heterocycles. The lowest BCUT2D eigenvalue weighted by Crippen LogP contribution is -2.35. The van der Waals surface area contributed by atoms with Gasteiger partial charge >= 0.3 is 0 Å². The van der Waals surface area contributed by atoms with Gasteiger partial charge in [-0.25, -0.2) is 0 Å². The Balaban J connectivity index is 2.12. The van der Waals surface area contributed by atoms with E-state index in [1.165, 1.54) is 17.3 Å². The van der Waals surface area contributed by atoms with E-state index in [9.17, 15) is 14.7 Å². The fraction of sp³-hybridized carbons (Fsp3) is 0.263. The van der Waals surface area contributed by atoms with E-state index in [0.29, 0.717) is 18.7 Å². The van der Waals surface area contributed by atoms with Crippen molar-refractivity contribution in [1.29, 1.82) is 0 Å². The van der Waals surface area contributed by atoms with Crippen LogP contribution in [0.1, 0.15) is 17.2 Å². The second-order valence-corrected chi connectivity index (χ2v) is 6.31. The molecule has 0 radical (unpaired) electrons. The number of hydrogen-bond donors (Lipinski definition) is 1. The summed E-state index contributed by atoms with van der Waals surface area (Å²) >= 11 is 0. The van der Waals surface area contributed by atoms with E-state index in [1.807, 2.05) is 19.0 Å². The number of aliphatic hydroxyl groups excluding tert-OH is 1. The summed E-state index contributed by atoms with van der Waals surface area (Å²) in [7, 11) is 3.80. The number of amides is 1. The summed E-state index contributed by atoms with van der Waals surface area (Å²) in [6, 6.07) is 6.06. The minimum Gasteiger partial charge on any atom is -0.507 e. The summed E-state index contributed by atoms with van der Waals surface area (Å²) in [5, 5.41) is 10.8. The normalized spacial score (nSPS) is 19.3. The van der Waals surface area contributed by atoms with Gasteiger partial charge in [0.25, 0.3) is 11.7 Å². The summed E-state index contributed by atoms with van der Waals surface area (Å²) in [5.74, 6) is -1.48. The third-order valence-corrected chi connectivity index (χ3v) is 4.30. The fourth-order valence-electron chi connectivity index (χ4n) is 2.98. The first-order valence-corrected chi connectivity index (χ1v) is 8.24. The van der Waals surface area contributed by atoms with Crippen molar-refractivity contribution >= 4 is 17.4 Å². The molecule has 0 saturated carbocycles. The summed E-state index contributed by atoms with van der Waals surface area (Å²) in [6.07, 6.45) is 6.26. The van der Waals surface area contributed by atoms with E-state index >= 15 is 0 Å². The zero-order chi connectivity index (χ0) is 18.7. The molecule has 0 aliphatic carbocycles. The van der Waals surface area contributed by atoms with E-state index < -0.39 is 17.7 Å². The smallest absolute Gasteiger partial charge is 0.295 e. The van der Waals surface area contributed by atoms with E-state index in [2.05, 4.69) is 9.97 Å². The molecule has 3 rings (SSSR count). The lowest BCUT2D eigenvalue weighted by Gasteiger charge is -2.26. The highest BCUT2D eigenvalue weighted by Gasteiger charge is 2.45. The molecule has 0 aromatic carbocycles. The second-order valence-electron chi connectivity index (χ2n) is 6.31. The molecule has 7 nitrogen and oxygen atoms in total. The quantitative estimate of drug-likeness (QED) is 0.498. The SMILES string of the molecule is CN(C)CCN1C(=O)C(=O)/C(=C(\O)c2ccncc2)C1c1ccncc1. The number of nitrogens with zero attached hydrogens (tertiary/aromatic N) is 4. The topological polar surface area (TPSA) is 86.6 Å². The van der Waals surface area contributed by atoms with Crippen LogP contribution in [-0.2, 0) is 9.59 Å². The lowest BCUT2D eigenvalue weighted by atomic mass is 9.96. The van der Waals surface area contributed by atoms with Crippen LogP contribution >= 0.6 is 0 Å². The van der Waals surface area contributed by atoms with Gasteiger partial charge in [0.2, 0.25) is 0 Å². The van der Waals surface area contributed by atoms with Crippen LogP contribution in [0.5, 0.6) is 0 Å². The van der Waals surface area contributed by atoms with Crippen molar-refractivity contribution in [2.75, 3.05) is 27.2 Å². The van der Waals surface area contributed by atoms with Gasteiger partial charge < -0.3 is 14.9 Å². The fourth-order valence-corrected chi connectivity index (χ4v) is 2.98. The molecular weight excluding hydrogens is 332 g/mol. The number of hydrogen-bond acceptors (Lipinski definition) is 6. The van der Waals surface area contributed by atoms with E-state index in [-0.39, 0.29) is 11.3 Å². The van der Waals surface area contributed by atoms with Crippen LogP contribution in [0, 0.1) is 0 Å². The number of aromatic nitrogens is 2. The van der Waals surface area contributed by atoms with Gasteiger partial charge in [0.15, 0.2) is 0 Å². The maximum Gasteiger partial charge on any atom is 0.295 e. The van der Waals surface area contributed by atoms with Crippen molar-refractivity contribution in [1.82, 2.24) is 19.8 Å². The van der Waals surface area contributed by atoms with Crippen LogP contribution in [0.2, 0.25) is 0 Å². The van der Waals surface area contributed by atoms with E-state index in [4.69, 9.17) is 0 Å². The Kier molecular flexibility index (Phi) is 5.09. The molecule has 3 heterocycles. The third kappa shape index (κ3) is 3.34. The highest BCUT2D eigenvalue weighted by atomic mass is 16.3. The largest absolute Gasteiger partial charge is 0.507 e. The van der Waals surface area contributed by atoms with Crippen molar-refractivity contribution in [3.05, 3.63) is 65.8 Å². The molecule has 1 aliphatic rings. The predicted octanol–water partition coefficient (Wildman–Crippen LogP) is 1.46. The molecule has 26 heavy (non-hydrogen) atoms. The maximum atomic E-state index is 12.7. The van der Waals surface area contributed by atoms with Crippen LogP contribution in [0.15, 0.2) is 54.6 Å². The standard InChI is InChI=1S/C19H20N4O3/c1-22(2)11-12-23-16(13-3-7-20-8-4-13)15(18(25)19(23)26)17(24)14-5-9-21-10-6-14/h3-10,16,24H,11-12H2,1-2H3/b17-15-. The van der Waals surface area contributed by atoms with Crippen molar-refractivity contribution < 1.29 is 14.7 Å². The first kappa shape index (κ1) is 17.8. The number of ketones is 1. The minimum atomic E-state index is -0.681. The number of carbonyl (C=O) groups excluding carboxylic acids is 2.